The summed E-state index contributed by atoms with van der Waals surface area (Å²) in [4.78, 5) is 34.4. The first-order valence-electron chi connectivity index (χ1n) is 12.3. The van der Waals surface area contributed by atoms with Gasteiger partial charge < -0.3 is 10.6 Å². The number of amides is 2. The van der Waals surface area contributed by atoms with Gasteiger partial charge in [0, 0.05) is 35.0 Å². The van der Waals surface area contributed by atoms with Gasteiger partial charge >= 0.3 is 0 Å². The van der Waals surface area contributed by atoms with Crippen LogP contribution in [0.1, 0.15) is 71.9 Å². The topological polar surface area (TPSA) is 82.9 Å². The first-order valence-corrected chi connectivity index (χ1v) is 12.3. The van der Waals surface area contributed by atoms with Crippen molar-refractivity contribution in [3.05, 3.63) is 71.8 Å². The molecule has 2 amide bonds. The highest BCUT2D eigenvalue weighted by Gasteiger charge is 2.23. The fourth-order valence-electron chi connectivity index (χ4n) is 2.97. The molecule has 0 heterocycles. The summed E-state index contributed by atoms with van der Waals surface area (Å²) in [5.74, 6) is 1.11. The van der Waals surface area contributed by atoms with Crippen LogP contribution in [0.4, 0.5) is 0 Å². The van der Waals surface area contributed by atoms with Crippen molar-refractivity contribution in [1.29, 1.82) is 0 Å². The van der Waals surface area contributed by atoms with Crippen molar-refractivity contribution < 1.29 is 9.59 Å². The Morgan fingerprint density at radius 3 is 1.26 bits per heavy atom. The first-order chi connectivity index (χ1) is 16.5. The van der Waals surface area contributed by atoms with Crippen LogP contribution in [-0.4, -0.2) is 36.6 Å². The molecule has 6 heteroatoms. The Balaban J connectivity index is 1.95. The lowest BCUT2D eigenvalue weighted by Crippen LogP contribution is -2.39. The van der Waals surface area contributed by atoms with Crippen molar-refractivity contribution in [1.82, 2.24) is 10.6 Å². The van der Waals surface area contributed by atoms with Crippen molar-refractivity contribution in [3.8, 4) is 0 Å². The summed E-state index contributed by atoms with van der Waals surface area (Å²) < 4.78 is 0. The maximum Gasteiger partial charge on any atom is 0.230 e. The minimum absolute atomic E-state index is 0.0554. The van der Waals surface area contributed by atoms with Gasteiger partial charge in [-0.1, -0.05) is 102 Å². The number of hydrogen-bond acceptors (Lipinski definition) is 4. The Labute approximate surface area is 210 Å². The van der Waals surface area contributed by atoms with E-state index in [0.29, 0.717) is 24.8 Å². The monoisotopic (exact) mass is 476 g/mol. The molecule has 0 aliphatic rings. The predicted octanol–water partition coefficient (Wildman–Crippen LogP) is 5.37. The maximum absolute atomic E-state index is 12.5. The standard InChI is InChI=1S/C29H40N4O2/c1-28(2,3)26(34)32-24(22-16-10-7-11-17-22)30-20-14-9-15-21-31-25(23-18-12-8-13-19-23)33-27(35)29(4,5)6/h7-8,10-13,16-19H,9,14-15,20-21H2,1-6H3,(H,30,32,34)(H,31,33,35). The molecule has 2 aromatic rings. The lowest BCUT2D eigenvalue weighted by molar-refractivity contribution is -0.127. The van der Waals surface area contributed by atoms with E-state index in [-0.39, 0.29) is 11.8 Å². The highest BCUT2D eigenvalue weighted by Crippen LogP contribution is 2.14. The molecule has 0 saturated heterocycles. The Morgan fingerprint density at radius 2 is 0.943 bits per heavy atom. The van der Waals surface area contributed by atoms with Crippen molar-refractivity contribution in [2.45, 2.75) is 60.8 Å². The van der Waals surface area contributed by atoms with Gasteiger partial charge in [-0.3, -0.25) is 19.6 Å². The first kappa shape index (κ1) is 28.0. The fraction of sp³-hybridized carbons (Fsp3) is 0.448. The molecule has 0 fully saturated rings. The van der Waals surface area contributed by atoms with E-state index in [4.69, 9.17) is 0 Å². The van der Waals surface area contributed by atoms with Crippen LogP contribution in [0.5, 0.6) is 0 Å². The molecule has 35 heavy (non-hydrogen) atoms. The molecule has 2 aromatic carbocycles. The normalized spacial score (nSPS) is 12.9. The van der Waals surface area contributed by atoms with E-state index in [0.717, 1.165) is 30.4 Å². The second-order valence-corrected chi connectivity index (χ2v) is 10.7. The zero-order chi connectivity index (χ0) is 25.9. The number of rotatable bonds is 8. The molecule has 0 atom stereocenters. The Bertz CT molecular complexity index is 931. The van der Waals surface area contributed by atoms with E-state index >= 15 is 0 Å². The molecule has 0 aliphatic heterocycles. The second kappa shape index (κ2) is 13.0. The van der Waals surface area contributed by atoms with Crippen molar-refractivity contribution in [2.24, 2.45) is 20.8 Å². The van der Waals surface area contributed by atoms with Crippen LogP contribution >= 0.6 is 0 Å². The van der Waals surface area contributed by atoms with E-state index in [9.17, 15) is 9.59 Å². The Hall–Kier alpha value is -3.28. The van der Waals surface area contributed by atoms with Crippen molar-refractivity contribution in [2.75, 3.05) is 13.1 Å². The quantitative estimate of drug-likeness (QED) is 0.305. The van der Waals surface area contributed by atoms with E-state index in [1.807, 2.05) is 102 Å². The molecule has 0 radical (unpaired) electrons. The predicted molar refractivity (Wildman–Crippen MR) is 145 cm³/mol. The number of nitrogens with one attached hydrogen (secondary N) is 2. The van der Waals surface area contributed by atoms with Crippen molar-refractivity contribution in [3.63, 3.8) is 0 Å². The number of carbonyl (C=O) groups excluding carboxylic acids is 2. The molecular weight excluding hydrogens is 436 g/mol. The number of hydrogen-bond donors (Lipinski definition) is 2. The molecule has 0 spiro atoms. The summed E-state index contributed by atoms with van der Waals surface area (Å²) in [7, 11) is 0. The number of amidine groups is 2. The summed E-state index contributed by atoms with van der Waals surface area (Å²) >= 11 is 0. The fourth-order valence-corrected chi connectivity index (χ4v) is 2.97. The van der Waals surface area contributed by atoms with Gasteiger partial charge in [-0.05, 0) is 19.3 Å². The van der Waals surface area contributed by atoms with Gasteiger partial charge in [0.2, 0.25) is 11.8 Å². The molecule has 188 valence electrons. The number of nitrogens with zero attached hydrogens (tertiary/aromatic N) is 2. The SMILES string of the molecule is CC(C)(C)C(=O)NC(=NCCCCCN=C(NC(=O)C(C)(C)C)c1ccccc1)c1ccccc1. The van der Waals surface area contributed by atoms with E-state index < -0.39 is 10.8 Å². The van der Waals surface area contributed by atoms with Crippen LogP contribution < -0.4 is 10.6 Å². The van der Waals surface area contributed by atoms with Crippen molar-refractivity contribution >= 4 is 23.5 Å². The van der Waals surface area contributed by atoms with Gasteiger partial charge in [0.25, 0.3) is 0 Å². The molecule has 0 aliphatic carbocycles. The number of aliphatic imine (C=N–C) groups is 2. The number of benzene rings is 2. The molecule has 0 aromatic heterocycles. The van der Waals surface area contributed by atoms with Crippen LogP contribution in [0.3, 0.4) is 0 Å². The van der Waals surface area contributed by atoms with E-state index in [1.165, 1.54) is 0 Å². The molecule has 0 saturated carbocycles. The molecular formula is C29H40N4O2. The largest absolute Gasteiger partial charge is 0.310 e. The van der Waals surface area contributed by atoms with Crippen LogP contribution in [-0.2, 0) is 9.59 Å². The molecule has 0 bridgehead atoms. The molecule has 6 nitrogen and oxygen atoms in total. The molecule has 0 unspecified atom stereocenters. The van der Waals surface area contributed by atoms with Gasteiger partial charge in [0.15, 0.2) is 0 Å². The highest BCUT2D eigenvalue weighted by atomic mass is 16.2. The zero-order valence-electron chi connectivity index (χ0n) is 22.0. The third kappa shape index (κ3) is 9.85. The minimum atomic E-state index is -0.494. The maximum atomic E-state index is 12.5. The van der Waals surface area contributed by atoms with Gasteiger partial charge in [0.05, 0.1) is 0 Å². The van der Waals surface area contributed by atoms with Gasteiger partial charge in [-0.15, -0.1) is 0 Å². The van der Waals surface area contributed by atoms with Gasteiger partial charge in [-0.2, -0.15) is 0 Å². The van der Waals surface area contributed by atoms with Gasteiger partial charge in [-0.25, -0.2) is 0 Å². The van der Waals surface area contributed by atoms with Crippen LogP contribution in [0, 0.1) is 10.8 Å². The third-order valence-corrected chi connectivity index (χ3v) is 5.28. The summed E-state index contributed by atoms with van der Waals surface area (Å²) in [6.07, 6.45) is 2.70. The Kier molecular flexibility index (Phi) is 10.4. The second-order valence-electron chi connectivity index (χ2n) is 10.7. The summed E-state index contributed by atoms with van der Waals surface area (Å²) in [6.45, 7) is 12.6. The van der Waals surface area contributed by atoms with E-state index in [1.54, 1.807) is 0 Å². The van der Waals surface area contributed by atoms with Gasteiger partial charge in [0.1, 0.15) is 11.7 Å². The van der Waals surface area contributed by atoms with Crippen LogP contribution in [0.25, 0.3) is 0 Å². The summed E-state index contributed by atoms with van der Waals surface area (Å²) in [6, 6.07) is 19.5. The Morgan fingerprint density at radius 1 is 0.600 bits per heavy atom. The van der Waals surface area contributed by atoms with Crippen LogP contribution in [0.15, 0.2) is 70.6 Å². The lowest BCUT2D eigenvalue weighted by Gasteiger charge is -2.19. The average Bonchev–Trinajstić information content (AvgIpc) is 2.81. The average molecular weight is 477 g/mol. The third-order valence-electron chi connectivity index (χ3n) is 5.28. The number of unbranched alkanes of at least 4 members (excludes halogenated alkanes) is 2. The highest BCUT2D eigenvalue weighted by molar-refractivity contribution is 6.09. The van der Waals surface area contributed by atoms with E-state index in [2.05, 4.69) is 20.6 Å². The van der Waals surface area contributed by atoms with Crippen LogP contribution in [0.2, 0.25) is 0 Å². The minimum Gasteiger partial charge on any atom is -0.310 e. The summed E-state index contributed by atoms with van der Waals surface area (Å²) in [5, 5.41) is 5.98. The zero-order valence-corrected chi connectivity index (χ0v) is 22.0. The number of carbonyl (C=O) groups is 2. The smallest absolute Gasteiger partial charge is 0.230 e. The molecule has 2 rings (SSSR count). The molecule has 2 N–H and O–H groups in total. The summed E-state index contributed by atoms with van der Waals surface area (Å²) in [5.41, 5.74) is 0.812. The lowest BCUT2D eigenvalue weighted by atomic mass is 9.95.